The quantitative estimate of drug-likeness (QED) is 0.745. The Morgan fingerprint density at radius 1 is 1.32 bits per heavy atom. The van der Waals surface area contributed by atoms with Gasteiger partial charge < -0.3 is 16.4 Å². The normalized spacial score (nSPS) is 13.1. The van der Waals surface area contributed by atoms with Crippen LogP contribution in [-0.4, -0.2) is 28.7 Å². The van der Waals surface area contributed by atoms with Crippen LogP contribution in [0.2, 0.25) is 0 Å². The molecule has 4 N–H and O–H groups in total. The van der Waals surface area contributed by atoms with Gasteiger partial charge in [0.2, 0.25) is 5.95 Å². The summed E-state index contributed by atoms with van der Waals surface area (Å²) in [6.45, 7) is 4.13. The molecule has 0 aromatic carbocycles. The van der Waals surface area contributed by atoms with Crippen molar-refractivity contribution in [2.75, 3.05) is 22.9 Å². The van der Waals surface area contributed by atoms with Crippen molar-refractivity contribution in [2.24, 2.45) is 0 Å². The van der Waals surface area contributed by atoms with Crippen LogP contribution < -0.4 is 16.4 Å². The molecular weight excluding hydrogens is 259 g/mol. The Kier molecular flexibility index (Phi) is 5.20. The Labute approximate surface area is 109 Å². The van der Waals surface area contributed by atoms with Crippen molar-refractivity contribution in [3.8, 4) is 0 Å². The number of hydrogen-bond donors (Lipinski definition) is 3. The number of rotatable bonds is 6. The van der Waals surface area contributed by atoms with Crippen molar-refractivity contribution in [1.82, 2.24) is 9.97 Å². The van der Waals surface area contributed by atoms with Crippen molar-refractivity contribution in [1.29, 1.82) is 0 Å². The first-order valence-corrected chi connectivity index (χ1v) is 6.02. The molecule has 0 aliphatic heterocycles. The average Bonchev–Trinajstić information content (AvgIpc) is 2.22. The summed E-state index contributed by atoms with van der Waals surface area (Å²) in [5.41, 5.74) is 5.51. The predicted octanol–water partition coefficient (Wildman–Crippen LogP) is 2.63. The van der Waals surface area contributed by atoms with E-state index in [1.54, 1.807) is 6.07 Å². The first-order valence-electron chi connectivity index (χ1n) is 6.02. The Hall–Kier alpha value is -1.73. The van der Waals surface area contributed by atoms with E-state index in [2.05, 4.69) is 20.6 Å². The molecule has 5 nitrogen and oxygen atoms in total. The van der Waals surface area contributed by atoms with E-state index in [-0.39, 0.29) is 11.8 Å². The highest BCUT2D eigenvalue weighted by atomic mass is 19.4. The SMILES string of the molecule is CCCNc1cc(NC(C)CC(F)(F)F)nc(N)n1. The van der Waals surface area contributed by atoms with Crippen molar-refractivity contribution in [2.45, 2.75) is 38.9 Å². The van der Waals surface area contributed by atoms with Gasteiger partial charge in [-0.05, 0) is 13.3 Å². The summed E-state index contributed by atoms with van der Waals surface area (Å²) in [7, 11) is 0. The van der Waals surface area contributed by atoms with Crippen LogP contribution in [0.4, 0.5) is 30.8 Å². The first kappa shape index (κ1) is 15.3. The average molecular weight is 277 g/mol. The topological polar surface area (TPSA) is 75.9 Å². The summed E-state index contributed by atoms with van der Waals surface area (Å²) < 4.78 is 36.7. The van der Waals surface area contributed by atoms with E-state index in [1.165, 1.54) is 6.92 Å². The third kappa shape index (κ3) is 6.12. The van der Waals surface area contributed by atoms with Crippen molar-refractivity contribution < 1.29 is 13.2 Å². The number of nitrogens with one attached hydrogen (secondary N) is 2. The smallest absolute Gasteiger partial charge is 0.370 e. The molecule has 0 bridgehead atoms. The maximum atomic E-state index is 12.2. The zero-order chi connectivity index (χ0) is 14.5. The van der Waals surface area contributed by atoms with E-state index < -0.39 is 18.6 Å². The van der Waals surface area contributed by atoms with Gasteiger partial charge in [0.25, 0.3) is 0 Å². The number of nitrogen functional groups attached to an aromatic ring is 1. The molecule has 19 heavy (non-hydrogen) atoms. The molecule has 1 rings (SSSR count). The molecule has 1 heterocycles. The molecule has 1 atom stereocenters. The molecule has 0 fully saturated rings. The van der Waals surface area contributed by atoms with Gasteiger partial charge in [0.05, 0.1) is 6.42 Å². The molecule has 1 aromatic heterocycles. The van der Waals surface area contributed by atoms with Gasteiger partial charge >= 0.3 is 6.18 Å². The second-order valence-electron chi connectivity index (χ2n) is 4.29. The maximum Gasteiger partial charge on any atom is 0.391 e. The van der Waals surface area contributed by atoms with E-state index in [4.69, 9.17) is 5.73 Å². The van der Waals surface area contributed by atoms with Crippen LogP contribution in [0.15, 0.2) is 6.07 Å². The zero-order valence-corrected chi connectivity index (χ0v) is 10.9. The van der Waals surface area contributed by atoms with Gasteiger partial charge in [-0.15, -0.1) is 0 Å². The van der Waals surface area contributed by atoms with Crippen LogP contribution in [0.1, 0.15) is 26.7 Å². The summed E-state index contributed by atoms with van der Waals surface area (Å²) in [5.74, 6) is 0.793. The highest BCUT2D eigenvalue weighted by molar-refractivity contribution is 5.51. The second kappa shape index (κ2) is 6.44. The maximum absolute atomic E-state index is 12.2. The lowest BCUT2D eigenvalue weighted by Crippen LogP contribution is -2.24. The van der Waals surface area contributed by atoms with E-state index in [1.807, 2.05) is 6.92 Å². The second-order valence-corrected chi connectivity index (χ2v) is 4.29. The number of nitrogens with zero attached hydrogens (tertiary/aromatic N) is 2. The fourth-order valence-electron chi connectivity index (χ4n) is 1.53. The van der Waals surface area contributed by atoms with E-state index >= 15 is 0 Å². The van der Waals surface area contributed by atoms with Gasteiger partial charge in [-0.1, -0.05) is 6.92 Å². The van der Waals surface area contributed by atoms with Crippen LogP contribution in [0, 0.1) is 0 Å². The number of alkyl halides is 3. The number of nitrogens with two attached hydrogens (primary N) is 1. The largest absolute Gasteiger partial charge is 0.391 e. The number of aromatic nitrogens is 2. The zero-order valence-electron chi connectivity index (χ0n) is 10.9. The summed E-state index contributed by atoms with van der Waals surface area (Å²) >= 11 is 0. The van der Waals surface area contributed by atoms with Crippen LogP contribution in [0.25, 0.3) is 0 Å². The summed E-state index contributed by atoms with van der Waals surface area (Å²) in [4.78, 5) is 7.81. The minimum atomic E-state index is -4.21. The lowest BCUT2D eigenvalue weighted by atomic mass is 10.2. The molecular formula is C11H18F3N5. The van der Waals surface area contributed by atoms with Gasteiger partial charge in [0.15, 0.2) is 0 Å². The van der Waals surface area contributed by atoms with Gasteiger partial charge in [-0.25, -0.2) is 0 Å². The molecule has 1 unspecified atom stereocenters. The molecule has 0 amide bonds. The van der Waals surface area contributed by atoms with Crippen molar-refractivity contribution >= 4 is 17.6 Å². The van der Waals surface area contributed by atoms with Gasteiger partial charge in [-0.3, -0.25) is 0 Å². The van der Waals surface area contributed by atoms with Crippen LogP contribution in [0.3, 0.4) is 0 Å². The molecule has 0 spiro atoms. The van der Waals surface area contributed by atoms with Gasteiger partial charge in [0.1, 0.15) is 11.6 Å². The van der Waals surface area contributed by atoms with Crippen molar-refractivity contribution in [3.05, 3.63) is 6.07 Å². The molecule has 0 saturated carbocycles. The highest BCUT2D eigenvalue weighted by Gasteiger charge is 2.30. The first-order chi connectivity index (χ1) is 8.80. The standard InChI is InChI=1S/C11H18F3N5/c1-3-4-16-8-5-9(19-10(15)18-8)17-7(2)6-11(12,13)14/h5,7H,3-4,6H2,1-2H3,(H4,15,16,17,18,19). The van der Waals surface area contributed by atoms with Crippen LogP contribution >= 0.6 is 0 Å². The number of anilines is 3. The Bertz CT molecular complexity index is 408. The van der Waals surface area contributed by atoms with Crippen molar-refractivity contribution in [3.63, 3.8) is 0 Å². The third-order valence-electron chi connectivity index (χ3n) is 2.23. The monoisotopic (exact) mass is 277 g/mol. The molecule has 0 aliphatic carbocycles. The fourth-order valence-corrected chi connectivity index (χ4v) is 1.53. The van der Waals surface area contributed by atoms with E-state index in [0.717, 1.165) is 6.42 Å². The van der Waals surface area contributed by atoms with Gasteiger partial charge in [0, 0.05) is 18.7 Å². The van der Waals surface area contributed by atoms with E-state index in [0.29, 0.717) is 12.4 Å². The number of halogens is 3. The molecule has 0 saturated heterocycles. The molecule has 0 aliphatic rings. The molecule has 8 heteroatoms. The minimum absolute atomic E-state index is 0.0165. The Morgan fingerprint density at radius 2 is 1.95 bits per heavy atom. The summed E-state index contributed by atoms with van der Waals surface area (Å²) in [6, 6.07) is 0.757. The lowest BCUT2D eigenvalue weighted by Gasteiger charge is -2.17. The summed E-state index contributed by atoms with van der Waals surface area (Å²) in [6.07, 6.45) is -4.25. The predicted molar refractivity (Wildman–Crippen MR) is 69.0 cm³/mol. The Morgan fingerprint density at radius 3 is 2.53 bits per heavy atom. The molecule has 108 valence electrons. The lowest BCUT2D eigenvalue weighted by molar-refractivity contribution is -0.136. The number of hydrogen-bond acceptors (Lipinski definition) is 5. The molecule has 0 radical (unpaired) electrons. The minimum Gasteiger partial charge on any atom is -0.370 e. The highest BCUT2D eigenvalue weighted by Crippen LogP contribution is 2.23. The third-order valence-corrected chi connectivity index (χ3v) is 2.23. The fraction of sp³-hybridized carbons (Fsp3) is 0.636. The molecule has 1 aromatic rings. The summed E-state index contributed by atoms with van der Waals surface area (Å²) in [5, 5.41) is 5.67. The van der Waals surface area contributed by atoms with Crippen LogP contribution in [-0.2, 0) is 0 Å². The van der Waals surface area contributed by atoms with Crippen LogP contribution in [0.5, 0.6) is 0 Å². The van der Waals surface area contributed by atoms with Gasteiger partial charge in [-0.2, -0.15) is 23.1 Å². The van der Waals surface area contributed by atoms with E-state index in [9.17, 15) is 13.2 Å². The Balaban J connectivity index is 2.69.